The predicted molar refractivity (Wildman–Crippen MR) is 62.0 cm³/mol. The molecule has 0 fully saturated rings. The van der Waals surface area contributed by atoms with Crippen molar-refractivity contribution in [2.45, 2.75) is 18.9 Å². The second-order valence-corrected chi connectivity index (χ2v) is 3.80. The molecule has 1 rings (SSSR count). The van der Waals surface area contributed by atoms with Crippen LogP contribution in [0.1, 0.15) is 18.5 Å². The summed E-state index contributed by atoms with van der Waals surface area (Å²) in [4.78, 5) is 11.0. The van der Waals surface area contributed by atoms with E-state index in [1.165, 1.54) is 0 Å². The number of ether oxygens (including phenoxy) is 1. The molecular weight excluding hydrogens is 347 g/mol. The van der Waals surface area contributed by atoms with Gasteiger partial charge in [-0.25, -0.2) is 26.7 Å². The Labute approximate surface area is 125 Å². The minimum atomic E-state index is -4.69. The molecule has 3 nitrogen and oxygen atoms in total. The monoisotopic (exact) mass is 355 g/mol. The van der Waals surface area contributed by atoms with Crippen molar-refractivity contribution < 1.29 is 40.3 Å². The molecule has 0 saturated carbocycles. The summed E-state index contributed by atoms with van der Waals surface area (Å²) in [5, 5.41) is 0. The second-order valence-electron chi connectivity index (χ2n) is 3.80. The van der Waals surface area contributed by atoms with E-state index in [4.69, 9.17) is 5.73 Å². The van der Waals surface area contributed by atoms with E-state index in [2.05, 4.69) is 4.74 Å². The molecule has 0 spiro atoms. The highest BCUT2D eigenvalue weighted by atomic mass is 35.5. The molecule has 0 aliphatic rings. The molecule has 22 heavy (non-hydrogen) atoms. The number of hydrogen-bond donors (Lipinski definition) is 1. The highest BCUT2D eigenvalue weighted by Gasteiger charge is 2.50. The maximum atomic E-state index is 13.5. The molecule has 0 aliphatic heterocycles. The van der Waals surface area contributed by atoms with Gasteiger partial charge in [0.05, 0.1) is 12.2 Å². The van der Waals surface area contributed by atoms with Gasteiger partial charge in [0, 0.05) is 0 Å². The van der Waals surface area contributed by atoms with Crippen molar-refractivity contribution in [2.75, 3.05) is 6.61 Å². The molecule has 2 N–H and O–H groups in total. The zero-order valence-electron chi connectivity index (χ0n) is 10.7. The van der Waals surface area contributed by atoms with Gasteiger partial charge in [0.2, 0.25) is 5.82 Å². The number of hydrogen-bond acceptors (Lipinski definition) is 3. The van der Waals surface area contributed by atoms with Crippen LogP contribution in [0.2, 0.25) is 0 Å². The fourth-order valence-electron chi connectivity index (χ4n) is 1.43. The van der Waals surface area contributed by atoms with E-state index >= 15 is 0 Å². The molecule has 0 radical (unpaired) electrons. The second kappa shape index (κ2) is 7.14. The first-order valence-electron chi connectivity index (χ1n) is 5.39. The summed E-state index contributed by atoms with van der Waals surface area (Å²) in [7, 11) is 0. The standard InChI is InChI=1S/C11H8F7NO2.ClH/c1-2-21-10(20)11(17,18)9(19)3-4(12)6(14)8(16)7(15)5(3)13;/h9H,2,19H2,1H3;1H/t9-;/m1./s1. The molecular formula is C11H9ClF7NO2. The average molecular weight is 356 g/mol. The SMILES string of the molecule is CCOC(=O)C(F)(F)[C@H](N)c1c(F)c(F)c(F)c(F)c1F.Cl. The molecule has 1 aromatic carbocycles. The van der Waals surface area contributed by atoms with E-state index in [1.807, 2.05) is 0 Å². The van der Waals surface area contributed by atoms with Crippen LogP contribution in [0.3, 0.4) is 0 Å². The highest BCUT2D eigenvalue weighted by molar-refractivity contribution is 5.85. The minimum Gasteiger partial charge on any atom is -0.462 e. The quantitative estimate of drug-likeness (QED) is 0.391. The van der Waals surface area contributed by atoms with E-state index in [1.54, 1.807) is 0 Å². The first-order chi connectivity index (χ1) is 9.57. The van der Waals surface area contributed by atoms with Gasteiger partial charge >= 0.3 is 11.9 Å². The van der Waals surface area contributed by atoms with E-state index in [9.17, 15) is 35.5 Å². The molecule has 1 aromatic rings. The Bertz CT molecular complexity index is 553. The van der Waals surface area contributed by atoms with Crippen molar-refractivity contribution in [3.05, 3.63) is 34.6 Å². The third-order valence-electron chi connectivity index (χ3n) is 2.49. The summed E-state index contributed by atoms with van der Waals surface area (Å²) in [5.74, 6) is -19.4. The van der Waals surface area contributed by atoms with Gasteiger partial charge in [-0.15, -0.1) is 12.4 Å². The fraction of sp³-hybridized carbons (Fsp3) is 0.364. The average Bonchev–Trinajstić information content (AvgIpc) is 2.43. The van der Waals surface area contributed by atoms with E-state index in [0.717, 1.165) is 6.92 Å². The van der Waals surface area contributed by atoms with Gasteiger partial charge in [0.15, 0.2) is 23.3 Å². The van der Waals surface area contributed by atoms with Crippen molar-refractivity contribution in [3.8, 4) is 0 Å². The van der Waals surface area contributed by atoms with Crippen LogP contribution in [0.4, 0.5) is 30.7 Å². The molecule has 11 heteroatoms. The van der Waals surface area contributed by atoms with Crippen molar-refractivity contribution in [2.24, 2.45) is 5.73 Å². The first kappa shape index (κ1) is 20.5. The van der Waals surface area contributed by atoms with Gasteiger partial charge in [-0.05, 0) is 6.92 Å². The molecule has 0 saturated heterocycles. The summed E-state index contributed by atoms with van der Waals surface area (Å²) in [6.07, 6.45) is 0. The molecule has 0 bridgehead atoms. The van der Waals surface area contributed by atoms with Crippen LogP contribution < -0.4 is 5.73 Å². The number of rotatable bonds is 4. The van der Waals surface area contributed by atoms with Gasteiger partial charge < -0.3 is 10.5 Å². The van der Waals surface area contributed by atoms with Gasteiger partial charge in [0.1, 0.15) is 6.04 Å². The number of nitrogens with two attached hydrogens (primary N) is 1. The maximum Gasteiger partial charge on any atom is 0.379 e. The molecule has 0 aliphatic carbocycles. The number of carbonyl (C=O) groups is 1. The van der Waals surface area contributed by atoms with E-state index < -0.39 is 59.2 Å². The van der Waals surface area contributed by atoms with Crippen molar-refractivity contribution in [1.82, 2.24) is 0 Å². The smallest absolute Gasteiger partial charge is 0.379 e. The fourth-order valence-corrected chi connectivity index (χ4v) is 1.43. The Morgan fingerprint density at radius 3 is 1.77 bits per heavy atom. The van der Waals surface area contributed by atoms with E-state index in [0.29, 0.717) is 0 Å². The Morgan fingerprint density at radius 1 is 1.05 bits per heavy atom. The number of halogens is 8. The normalized spacial score (nSPS) is 12.6. The first-order valence-corrected chi connectivity index (χ1v) is 5.39. The summed E-state index contributed by atoms with van der Waals surface area (Å²) >= 11 is 0. The van der Waals surface area contributed by atoms with Crippen LogP contribution in [0.5, 0.6) is 0 Å². The van der Waals surface area contributed by atoms with Crippen LogP contribution in [-0.2, 0) is 9.53 Å². The Balaban J connectivity index is 0.00000441. The minimum absolute atomic E-state index is 0. The zero-order chi connectivity index (χ0) is 16.5. The van der Waals surface area contributed by atoms with Gasteiger partial charge in [0.25, 0.3) is 0 Å². The number of benzene rings is 1. The lowest BCUT2D eigenvalue weighted by Gasteiger charge is -2.23. The predicted octanol–water partition coefficient (Wildman–Crippen LogP) is 3.00. The number of alkyl halides is 2. The zero-order valence-corrected chi connectivity index (χ0v) is 11.5. The Morgan fingerprint density at radius 2 is 1.41 bits per heavy atom. The lowest BCUT2D eigenvalue weighted by atomic mass is 9.99. The van der Waals surface area contributed by atoms with Crippen LogP contribution in [-0.4, -0.2) is 18.5 Å². The molecule has 0 unspecified atom stereocenters. The van der Waals surface area contributed by atoms with Crippen molar-refractivity contribution in [1.29, 1.82) is 0 Å². The van der Waals surface area contributed by atoms with Crippen LogP contribution in [0.25, 0.3) is 0 Å². The summed E-state index contributed by atoms with van der Waals surface area (Å²) in [6, 6.07) is -3.11. The van der Waals surface area contributed by atoms with Crippen LogP contribution in [0.15, 0.2) is 0 Å². The topological polar surface area (TPSA) is 52.3 Å². The Kier molecular flexibility index (Phi) is 6.64. The highest BCUT2D eigenvalue weighted by Crippen LogP contribution is 2.35. The summed E-state index contributed by atoms with van der Waals surface area (Å²) in [6.45, 7) is 0.663. The molecule has 1 atom stereocenters. The van der Waals surface area contributed by atoms with Crippen molar-refractivity contribution in [3.63, 3.8) is 0 Å². The van der Waals surface area contributed by atoms with E-state index in [-0.39, 0.29) is 12.4 Å². The number of carbonyl (C=O) groups excluding carboxylic acids is 1. The number of esters is 1. The third-order valence-corrected chi connectivity index (χ3v) is 2.49. The van der Waals surface area contributed by atoms with Crippen LogP contribution >= 0.6 is 12.4 Å². The summed E-state index contributed by atoms with van der Waals surface area (Å²) in [5.41, 5.74) is 2.81. The van der Waals surface area contributed by atoms with Crippen molar-refractivity contribution >= 4 is 18.4 Å². The van der Waals surface area contributed by atoms with Gasteiger partial charge in [-0.3, -0.25) is 0 Å². The van der Waals surface area contributed by atoms with Crippen LogP contribution in [0, 0.1) is 29.1 Å². The molecule has 0 aromatic heterocycles. The largest absolute Gasteiger partial charge is 0.462 e. The maximum absolute atomic E-state index is 13.5. The molecule has 0 heterocycles. The third kappa shape index (κ3) is 3.27. The van der Waals surface area contributed by atoms with Gasteiger partial charge in [-0.2, -0.15) is 8.78 Å². The van der Waals surface area contributed by atoms with Gasteiger partial charge in [-0.1, -0.05) is 0 Å². The lowest BCUT2D eigenvalue weighted by Crippen LogP contribution is -2.43. The Hall–Kier alpha value is -1.55. The summed E-state index contributed by atoms with van der Waals surface area (Å²) < 4.78 is 96.3. The lowest BCUT2D eigenvalue weighted by molar-refractivity contribution is -0.175. The molecule has 0 amide bonds. The molecule has 126 valence electrons.